The fourth-order valence-electron chi connectivity index (χ4n) is 7.26. The minimum Gasteiger partial charge on any atom is -0.486 e. The van der Waals surface area contributed by atoms with Crippen molar-refractivity contribution in [1.82, 2.24) is 0 Å². The largest absolute Gasteiger partial charge is 0.486 e. The van der Waals surface area contributed by atoms with Crippen LogP contribution in [0.3, 0.4) is 0 Å². The lowest BCUT2D eigenvalue weighted by Crippen LogP contribution is -2.62. The van der Waals surface area contributed by atoms with E-state index in [1.54, 1.807) is 36.4 Å². The highest BCUT2D eigenvalue weighted by Gasteiger charge is 2.61. The molecular weight excluding hydrogens is 846 g/mol. The maximum Gasteiger partial charge on any atom is 0.338 e. The van der Waals surface area contributed by atoms with Gasteiger partial charge in [-0.1, -0.05) is 24.8 Å². The van der Waals surface area contributed by atoms with Crippen molar-refractivity contribution < 1.29 is 49.5 Å². The Hall–Kier alpha value is -2.44. The van der Waals surface area contributed by atoms with E-state index in [1.165, 1.54) is 6.07 Å². The van der Waals surface area contributed by atoms with E-state index in [0.29, 0.717) is 33.1 Å². The van der Waals surface area contributed by atoms with E-state index in [2.05, 4.69) is 6.58 Å². The second-order valence-corrected chi connectivity index (χ2v) is 15.5. The summed E-state index contributed by atoms with van der Waals surface area (Å²) in [7, 11) is -5.61. The standard InChI is InChI=1S/C31H24F4I2O7S/c1-2-15-3-5-18(6-4-15)29(38)44-31-12-16-7-17(13-31)11-30(10-16,14-31)43-22-9-19(36)21(8-20(22)37)42-27-23(32)25(34)28(45(39,40)41)26(35)24(27)33/h2-6,8-9,16-17H,1,7,10-14H2,(H,39,40,41). The topological polar surface area (TPSA) is 99.1 Å². The second-order valence-electron chi connectivity index (χ2n) is 11.8. The van der Waals surface area contributed by atoms with Crippen molar-refractivity contribution in [3.63, 3.8) is 0 Å². The van der Waals surface area contributed by atoms with Gasteiger partial charge in [0.2, 0.25) is 17.4 Å². The molecule has 1 N–H and O–H groups in total. The Balaban J connectivity index is 1.25. The normalized spacial score (nSPS) is 25.2. The molecule has 0 aromatic heterocycles. The third-order valence-electron chi connectivity index (χ3n) is 8.61. The van der Waals surface area contributed by atoms with Crippen LogP contribution in [0.4, 0.5) is 17.6 Å². The highest BCUT2D eigenvalue weighted by molar-refractivity contribution is 14.1. The monoisotopic (exact) mass is 870 g/mol. The van der Waals surface area contributed by atoms with Crippen LogP contribution in [-0.2, 0) is 14.9 Å². The number of hydrogen-bond acceptors (Lipinski definition) is 6. The Kier molecular flexibility index (Phi) is 8.42. The van der Waals surface area contributed by atoms with E-state index in [-0.39, 0.29) is 9.32 Å². The lowest BCUT2D eigenvalue weighted by Gasteiger charge is -2.60. The fourth-order valence-corrected chi connectivity index (χ4v) is 8.99. The summed E-state index contributed by atoms with van der Waals surface area (Å²) in [6, 6.07) is 9.95. The number of ether oxygens (including phenoxy) is 3. The molecule has 3 aromatic rings. The Labute approximate surface area is 283 Å². The number of hydrogen-bond donors (Lipinski definition) is 1. The summed E-state index contributed by atoms with van der Waals surface area (Å²) in [5.74, 6) is -9.95. The first kappa shape index (κ1) is 32.5. The van der Waals surface area contributed by atoms with E-state index in [0.717, 1.165) is 37.7 Å². The van der Waals surface area contributed by atoms with Crippen molar-refractivity contribution in [1.29, 1.82) is 0 Å². The molecule has 7 rings (SSSR count). The van der Waals surface area contributed by atoms with Gasteiger partial charge in [0.05, 0.1) is 12.7 Å². The van der Waals surface area contributed by atoms with Gasteiger partial charge in [-0.25, -0.2) is 13.6 Å². The number of benzene rings is 3. The molecule has 2 unspecified atom stereocenters. The first-order valence-electron chi connectivity index (χ1n) is 13.8. The number of esters is 1. The van der Waals surface area contributed by atoms with Crippen molar-refractivity contribution in [2.24, 2.45) is 11.8 Å². The number of rotatable bonds is 8. The Morgan fingerprint density at radius 1 is 0.889 bits per heavy atom. The summed E-state index contributed by atoms with van der Waals surface area (Å²) >= 11 is 3.75. The van der Waals surface area contributed by atoms with Gasteiger partial charge in [-0.3, -0.25) is 4.55 Å². The molecule has 4 bridgehead atoms. The van der Waals surface area contributed by atoms with Crippen LogP contribution in [0.2, 0.25) is 0 Å². The molecule has 3 aromatic carbocycles. The van der Waals surface area contributed by atoms with Gasteiger partial charge in [0.25, 0.3) is 0 Å². The zero-order valence-electron chi connectivity index (χ0n) is 23.2. The van der Waals surface area contributed by atoms with Crippen molar-refractivity contribution in [3.8, 4) is 17.2 Å². The van der Waals surface area contributed by atoms with Crippen molar-refractivity contribution in [2.75, 3.05) is 0 Å². The van der Waals surface area contributed by atoms with Gasteiger partial charge in [-0.05, 0) is 119 Å². The minimum absolute atomic E-state index is 0.179. The van der Waals surface area contributed by atoms with Gasteiger partial charge in [0.1, 0.15) is 22.7 Å². The summed E-state index contributed by atoms with van der Waals surface area (Å²) in [4.78, 5) is 11.0. The Morgan fingerprint density at radius 2 is 1.42 bits per heavy atom. The summed E-state index contributed by atoms with van der Waals surface area (Å²) in [6.45, 7) is 3.73. The zero-order chi connectivity index (χ0) is 32.5. The molecule has 0 radical (unpaired) electrons. The summed E-state index contributed by atoms with van der Waals surface area (Å²) in [5, 5.41) is 0. The number of carbonyl (C=O) groups is 1. The molecule has 7 nitrogen and oxygen atoms in total. The molecule has 4 aliphatic carbocycles. The number of carbonyl (C=O) groups excluding carboxylic acids is 1. The van der Waals surface area contributed by atoms with E-state index >= 15 is 0 Å². The molecule has 2 atom stereocenters. The molecule has 4 saturated carbocycles. The van der Waals surface area contributed by atoms with Gasteiger partial charge < -0.3 is 14.2 Å². The summed E-state index contributed by atoms with van der Waals surface area (Å²) in [5.41, 5.74) is 0.0286. The van der Waals surface area contributed by atoms with Gasteiger partial charge in [0.15, 0.2) is 16.5 Å². The van der Waals surface area contributed by atoms with Crippen LogP contribution in [0.25, 0.3) is 6.08 Å². The molecular formula is C31H24F4I2O7S. The van der Waals surface area contributed by atoms with Crippen LogP contribution in [-0.4, -0.2) is 30.1 Å². The third-order valence-corrected chi connectivity index (χ3v) is 11.2. The average molecular weight is 870 g/mol. The average Bonchev–Trinajstić information content (AvgIpc) is 2.95. The van der Waals surface area contributed by atoms with Crippen molar-refractivity contribution in [2.45, 2.75) is 54.6 Å². The van der Waals surface area contributed by atoms with Gasteiger partial charge in [0, 0.05) is 6.42 Å². The summed E-state index contributed by atoms with van der Waals surface area (Å²) in [6.07, 6.45) is 6.20. The van der Waals surface area contributed by atoms with E-state index in [9.17, 15) is 30.8 Å². The van der Waals surface area contributed by atoms with Crippen LogP contribution in [0.5, 0.6) is 17.2 Å². The highest BCUT2D eigenvalue weighted by Crippen LogP contribution is 2.60. The SMILES string of the molecule is C=Cc1ccc(C(=O)OC23CC4CC(C2)CC(Oc2cc(I)c(Oc5c(F)c(F)c(S(=O)(=O)O)c(F)c5F)cc2I)(C4)C3)cc1. The third kappa shape index (κ3) is 6.06. The Morgan fingerprint density at radius 3 is 1.98 bits per heavy atom. The summed E-state index contributed by atoms with van der Waals surface area (Å²) < 4.78 is 108. The van der Waals surface area contributed by atoms with E-state index in [1.807, 2.05) is 45.2 Å². The van der Waals surface area contributed by atoms with E-state index < -0.39 is 61.2 Å². The maximum atomic E-state index is 14.6. The van der Waals surface area contributed by atoms with Gasteiger partial charge >= 0.3 is 16.1 Å². The molecule has 45 heavy (non-hydrogen) atoms. The smallest absolute Gasteiger partial charge is 0.338 e. The van der Waals surface area contributed by atoms with Crippen molar-refractivity contribution in [3.05, 3.63) is 84.5 Å². The molecule has 0 saturated heterocycles. The first-order chi connectivity index (χ1) is 21.1. The molecule has 4 fully saturated rings. The molecule has 0 spiro atoms. The number of halogens is 6. The van der Waals surface area contributed by atoms with Gasteiger partial charge in [-0.2, -0.15) is 17.2 Å². The zero-order valence-corrected chi connectivity index (χ0v) is 28.4. The molecule has 14 heteroatoms. The van der Waals surface area contributed by atoms with Gasteiger partial charge in [-0.15, -0.1) is 0 Å². The van der Waals surface area contributed by atoms with Crippen molar-refractivity contribution >= 4 is 67.3 Å². The second kappa shape index (κ2) is 11.7. The molecule has 0 amide bonds. The molecule has 4 aliphatic rings. The molecule has 238 valence electrons. The van der Waals surface area contributed by atoms with Crippen LogP contribution in [0, 0.1) is 42.2 Å². The Bertz CT molecular complexity index is 1810. The minimum atomic E-state index is -5.61. The molecule has 0 aliphatic heterocycles. The highest BCUT2D eigenvalue weighted by atomic mass is 127. The lowest BCUT2D eigenvalue weighted by molar-refractivity contribution is -0.189. The lowest BCUT2D eigenvalue weighted by atomic mass is 9.52. The predicted octanol–water partition coefficient (Wildman–Crippen LogP) is 8.46. The van der Waals surface area contributed by atoms with Crippen LogP contribution in [0.15, 0.2) is 47.9 Å². The van der Waals surface area contributed by atoms with Crippen LogP contribution < -0.4 is 9.47 Å². The fraction of sp³-hybridized carbons (Fsp3) is 0.323. The molecule has 0 heterocycles. The van der Waals surface area contributed by atoms with Crippen LogP contribution >= 0.6 is 45.2 Å². The maximum absolute atomic E-state index is 14.6. The first-order valence-corrected chi connectivity index (χ1v) is 17.4. The van der Waals surface area contributed by atoms with E-state index in [4.69, 9.17) is 18.8 Å². The predicted molar refractivity (Wildman–Crippen MR) is 171 cm³/mol. The quantitative estimate of drug-likeness (QED) is 0.0798. The van der Waals surface area contributed by atoms with Crippen LogP contribution in [0.1, 0.15) is 54.4 Å².